The number of hydrogen-bond donors (Lipinski definition) is 1. The molecule has 3 nitrogen and oxygen atoms in total. The monoisotopic (exact) mass is 246 g/mol. The van der Waals surface area contributed by atoms with E-state index in [1.54, 1.807) is 6.92 Å². The van der Waals surface area contributed by atoms with Gasteiger partial charge in [0.15, 0.2) is 0 Å². The van der Waals surface area contributed by atoms with Crippen molar-refractivity contribution in [3.63, 3.8) is 0 Å². The molecule has 1 fully saturated rings. The Morgan fingerprint density at radius 2 is 2.06 bits per heavy atom. The Kier molecular flexibility index (Phi) is 3.71. The highest BCUT2D eigenvalue weighted by Gasteiger charge is 2.33. The molecule has 1 amide bonds. The molecule has 1 aromatic carbocycles. The van der Waals surface area contributed by atoms with Crippen LogP contribution in [-0.2, 0) is 11.3 Å². The van der Waals surface area contributed by atoms with Gasteiger partial charge >= 0.3 is 0 Å². The van der Waals surface area contributed by atoms with Gasteiger partial charge < -0.3 is 10.6 Å². The molecular formula is C15H22N2O. The quantitative estimate of drug-likeness (QED) is 0.884. The molecule has 0 saturated heterocycles. The summed E-state index contributed by atoms with van der Waals surface area (Å²) >= 11 is 0. The highest BCUT2D eigenvalue weighted by molar-refractivity contribution is 5.81. The van der Waals surface area contributed by atoms with Gasteiger partial charge in [-0.15, -0.1) is 0 Å². The van der Waals surface area contributed by atoms with Gasteiger partial charge in [-0.2, -0.15) is 0 Å². The zero-order valence-corrected chi connectivity index (χ0v) is 11.4. The third-order valence-corrected chi connectivity index (χ3v) is 3.58. The van der Waals surface area contributed by atoms with E-state index in [1.165, 1.54) is 16.7 Å². The minimum atomic E-state index is -0.405. The number of aryl methyl sites for hydroxylation is 2. The Morgan fingerprint density at radius 3 is 2.56 bits per heavy atom. The van der Waals surface area contributed by atoms with E-state index in [4.69, 9.17) is 5.73 Å². The summed E-state index contributed by atoms with van der Waals surface area (Å²) in [5, 5.41) is 0. The van der Waals surface area contributed by atoms with Crippen LogP contribution >= 0.6 is 0 Å². The molecule has 1 aliphatic carbocycles. The lowest BCUT2D eigenvalue weighted by atomic mass is 10.1. The van der Waals surface area contributed by atoms with Crippen molar-refractivity contribution in [2.45, 2.75) is 52.2 Å². The molecule has 0 bridgehead atoms. The summed E-state index contributed by atoms with van der Waals surface area (Å²) in [5.74, 6) is 0.0655. The fraction of sp³-hybridized carbons (Fsp3) is 0.533. The van der Waals surface area contributed by atoms with Crippen molar-refractivity contribution >= 4 is 5.91 Å². The molecule has 98 valence electrons. The summed E-state index contributed by atoms with van der Waals surface area (Å²) < 4.78 is 0. The summed E-state index contributed by atoms with van der Waals surface area (Å²) in [6.07, 6.45) is 2.23. The molecule has 2 rings (SSSR count). The van der Waals surface area contributed by atoms with Gasteiger partial charge in [0.25, 0.3) is 0 Å². The zero-order valence-electron chi connectivity index (χ0n) is 11.4. The van der Waals surface area contributed by atoms with E-state index >= 15 is 0 Å². The number of benzene rings is 1. The second kappa shape index (κ2) is 5.11. The largest absolute Gasteiger partial charge is 0.334 e. The van der Waals surface area contributed by atoms with E-state index in [0.717, 1.165) is 12.8 Å². The van der Waals surface area contributed by atoms with Crippen LogP contribution in [0.15, 0.2) is 18.2 Å². The van der Waals surface area contributed by atoms with E-state index in [-0.39, 0.29) is 5.91 Å². The lowest BCUT2D eigenvalue weighted by Crippen LogP contribution is -2.42. The van der Waals surface area contributed by atoms with Crippen molar-refractivity contribution in [1.29, 1.82) is 0 Å². The first-order valence-electron chi connectivity index (χ1n) is 6.61. The van der Waals surface area contributed by atoms with E-state index in [1.807, 2.05) is 4.90 Å². The highest BCUT2D eigenvalue weighted by Crippen LogP contribution is 2.29. The predicted molar refractivity (Wildman–Crippen MR) is 73.1 cm³/mol. The van der Waals surface area contributed by atoms with Crippen LogP contribution in [0.2, 0.25) is 0 Å². The van der Waals surface area contributed by atoms with Gasteiger partial charge in [0.1, 0.15) is 0 Å². The minimum absolute atomic E-state index is 0.0655. The Bertz CT molecular complexity index is 450. The van der Waals surface area contributed by atoms with Crippen LogP contribution in [0.5, 0.6) is 0 Å². The number of nitrogens with zero attached hydrogens (tertiary/aromatic N) is 1. The van der Waals surface area contributed by atoms with E-state index in [2.05, 4.69) is 32.0 Å². The molecule has 3 heteroatoms. The molecule has 2 N–H and O–H groups in total. The van der Waals surface area contributed by atoms with Gasteiger partial charge in [-0.25, -0.2) is 0 Å². The average Bonchev–Trinajstić information content (AvgIpc) is 3.13. The molecule has 0 radical (unpaired) electrons. The van der Waals surface area contributed by atoms with Crippen molar-refractivity contribution < 1.29 is 4.79 Å². The molecule has 0 spiro atoms. The van der Waals surface area contributed by atoms with Crippen LogP contribution in [0.3, 0.4) is 0 Å². The first kappa shape index (κ1) is 13.1. The fourth-order valence-electron chi connectivity index (χ4n) is 2.13. The topological polar surface area (TPSA) is 46.3 Å². The van der Waals surface area contributed by atoms with Crippen LogP contribution < -0.4 is 5.73 Å². The maximum absolute atomic E-state index is 12.1. The maximum atomic E-state index is 12.1. The molecular weight excluding hydrogens is 224 g/mol. The molecule has 0 aromatic heterocycles. The number of carbonyl (C=O) groups excluding carboxylic acids is 1. The van der Waals surface area contributed by atoms with Crippen molar-refractivity contribution in [3.05, 3.63) is 34.9 Å². The maximum Gasteiger partial charge on any atom is 0.239 e. The molecule has 18 heavy (non-hydrogen) atoms. The van der Waals surface area contributed by atoms with Gasteiger partial charge in [0.05, 0.1) is 6.04 Å². The lowest BCUT2D eigenvalue weighted by Gasteiger charge is -2.24. The third kappa shape index (κ3) is 2.91. The highest BCUT2D eigenvalue weighted by atomic mass is 16.2. The van der Waals surface area contributed by atoms with Gasteiger partial charge in [-0.05, 0) is 50.3 Å². The van der Waals surface area contributed by atoms with Crippen molar-refractivity contribution in [1.82, 2.24) is 4.90 Å². The number of carbonyl (C=O) groups is 1. The molecule has 0 heterocycles. The van der Waals surface area contributed by atoms with Crippen LogP contribution in [0, 0.1) is 13.8 Å². The van der Waals surface area contributed by atoms with Gasteiger partial charge in [-0.1, -0.05) is 18.2 Å². The van der Waals surface area contributed by atoms with Crippen LogP contribution in [0.4, 0.5) is 0 Å². The van der Waals surface area contributed by atoms with Crippen LogP contribution in [-0.4, -0.2) is 22.9 Å². The number of amides is 1. The van der Waals surface area contributed by atoms with Gasteiger partial charge in [-0.3, -0.25) is 4.79 Å². The molecule has 0 aliphatic heterocycles. The number of hydrogen-bond acceptors (Lipinski definition) is 2. The van der Waals surface area contributed by atoms with Crippen molar-refractivity contribution in [2.24, 2.45) is 5.73 Å². The predicted octanol–water partition coefficient (Wildman–Crippen LogP) is 2.14. The first-order valence-corrected chi connectivity index (χ1v) is 6.61. The molecule has 1 aromatic rings. The molecule has 0 unspecified atom stereocenters. The summed E-state index contributed by atoms with van der Waals surface area (Å²) in [6, 6.07) is 6.39. The normalized spacial score (nSPS) is 16.4. The third-order valence-electron chi connectivity index (χ3n) is 3.58. The first-order chi connectivity index (χ1) is 8.49. The van der Waals surface area contributed by atoms with Gasteiger partial charge in [0, 0.05) is 12.6 Å². The second-order valence-electron chi connectivity index (χ2n) is 5.40. The zero-order chi connectivity index (χ0) is 13.3. The lowest BCUT2D eigenvalue weighted by molar-refractivity contribution is -0.133. The Hall–Kier alpha value is -1.35. The Labute approximate surface area is 109 Å². The van der Waals surface area contributed by atoms with E-state index in [0.29, 0.717) is 12.6 Å². The summed E-state index contributed by atoms with van der Waals surface area (Å²) in [7, 11) is 0. The van der Waals surface area contributed by atoms with E-state index < -0.39 is 6.04 Å². The fourth-order valence-corrected chi connectivity index (χ4v) is 2.13. The molecule has 1 saturated carbocycles. The smallest absolute Gasteiger partial charge is 0.239 e. The molecule has 1 atom stereocenters. The number of rotatable bonds is 4. The number of nitrogens with two attached hydrogens (primary N) is 1. The SMILES string of the molecule is Cc1ccc(CN(C(=O)[C@@H](C)N)C2CC2)cc1C. The average molecular weight is 246 g/mol. The minimum Gasteiger partial charge on any atom is -0.334 e. The van der Waals surface area contributed by atoms with Gasteiger partial charge in [0.2, 0.25) is 5.91 Å². The summed E-state index contributed by atoms with van der Waals surface area (Å²) in [5.41, 5.74) is 9.47. The standard InChI is InChI=1S/C15H22N2O/c1-10-4-5-13(8-11(10)2)9-17(14-6-7-14)15(18)12(3)16/h4-5,8,12,14H,6-7,9,16H2,1-3H3/t12-/m1/s1. The van der Waals surface area contributed by atoms with E-state index in [9.17, 15) is 4.79 Å². The molecule has 1 aliphatic rings. The van der Waals surface area contributed by atoms with Crippen LogP contribution in [0.1, 0.15) is 36.5 Å². The van der Waals surface area contributed by atoms with Crippen LogP contribution in [0.25, 0.3) is 0 Å². The Balaban J connectivity index is 2.13. The Morgan fingerprint density at radius 1 is 1.39 bits per heavy atom. The van der Waals surface area contributed by atoms with Crippen molar-refractivity contribution in [2.75, 3.05) is 0 Å². The second-order valence-corrected chi connectivity index (χ2v) is 5.40. The van der Waals surface area contributed by atoms with Crippen molar-refractivity contribution in [3.8, 4) is 0 Å². The summed E-state index contributed by atoms with van der Waals surface area (Å²) in [6.45, 7) is 6.66. The summed E-state index contributed by atoms with van der Waals surface area (Å²) in [4.78, 5) is 14.0.